The number of nitrogens with zero attached hydrogens (tertiary/aromatic N) is 3. The van der Waals surface area contributed by atoms with Crippen LogP contribution < -0.4 is 10.9 Å². The van der Waals surface area contributed by atoms with Gasteiger partial charge in [-0.2, -0.15) is 5.10 Å². The van der Waals surface area contributed by atoms with Crippen molar-refractivity contribution >= 4 is 17.3 Å². The average Bonchev–Trinajstić information content (AvgIpc) is 2.47. The second-order valence-electron chi connectivity index (χ2n) is 5.29. The minimum atomic E-state index is -0.253. The van der Waals surface area contributed by atoms with Crippen molar-refractivity contribution in [2.24, 2.45) is 5.92 Å². The van der Waals surface area contributed by atoms with Gasteiger partial charge in [-0.3, -0.25) is 9.78 Å². The Morgan fingerprint density at radius 2 is 2.19 bits per heavy atom. The lowest BCUT2D eigenvalue weighted by molar-refractivity contribution is 0.464. The maximum atomic E-state index is 12.1. The topological polar surface area (TPSA) is 59.8 Å². The van der Waals surface area contributed by atoms with E-state index in [4.69, 9.17) is 11.6 Å². The van der Waals surface area contributed by atoms with Crippen LogP contribution in [0, 0.1) is 5.92 Å². The predicted molar refractivity (Wildman–Crippen MR) is 84.8 cm³/mol. The first-order chi connectivity index (χ1) is 10.1. The van der Waals surface area contributed by atoms with Gasteiger partial charge in [-0.25, -0.2) is 4.68 Å². The quantitative estimate of drug-likeness (QED) is 0.891. The van der Waals surface area contributed by atoms with Gasteiger partial charge in [0.1, 0.15) is 5.02 Å². The first-order valence-electron chi connectivity index (χ1n) is 6.96. The van der Waals surface area contributed by atoms with Gasteiger partial charge in [0.2, 0.25) is 0 Å². The fourth-order valence-electron chi connectivity index (χ4n) is 1.95. The summed E-state index contributed by atoms with van der Waals surface area (Å²) in [6, 6.07) is 3.91. The number of pyridine rings is 1. The molecule has 0 aromatic carbocycles. The predicted octanol–water partition coefficient (Wildman–Crippen LogP) is 2.60. The fourth-order valence-corrected chi connectivity index (χ4v) is 2.16. The minimum absolute atomic E-state index is 0.192. The van der Waals surface area contributed by atoms with Gasteiger partial charge < -0.3 is 5.32 Å². The van der Waals surface area contributed by atoms with Crippen molar-refractivity contribution < 1.29 is 0 Å². The molecule has 2 heterocycles. The van der Waals surface area contributed by atoms with Crippen LogP contribution in [-0.4, -0.2) is 21.3 Å². The second-order valence-corrected chi connectivity index (χ2v) is 5.67. The molecule has 0 aliphatic rings. The molecular weight excluding hydrogens is 288 g/mol. The van der Waals surface area contributed by atoms with Crippen LogP contribution in [0.25, 0.3) is 0 Å². The van der Waals surface area contributed by atoms with Crippen LogP contribution >= 0.6 is 11.6 Å². The Morgan fingerprint density at radius 1 is 1.38 bits per heavy atom. The Balaban J connectivity index is 2.01. The number of hydrogen-bond acceptors (Lipinski definition) is 4. The fraction of sp³-hybridized carbons (Fsp3) is 0.400. The molecular formula is C15H19ClN4O. The third-order valence-corrected chi connectivity index (χ3v) is 3.34. The van der Waals surface area contributed by atoms with E-state index in [0.29, 0.717) is 24.7 Å². The molecule has 0 saturated carbocycles. The number of anilines is 1. The molecule has 0 aliphatic carbocycles. The molecule has 0 atom stereocenters. The van der Waals surface area contributed by atoms with Crippen LogP contribution in [0.4, 0.5) is 5.69 Å². The van der Waals surface area contributed by atoms with Gasteiger partial charge in [0.05, 0.1) is 11.9 Å². The normalized spacial score (nSPS) is 10.9. The third kappa shape index (κ3) is 4.29. The molecule has 112 valence electrons. The standard InChI is InChI=1S/C15H19ClN4O/c1-11(2)10-20-15(21)14(16)13(9-19-20)18-7-5-12-4-3-6-17-8-12/h3-4,6,8-9,11,18H,5,7,10H2,1-2H3. The summed E-state index contributed by atoms with van der Waals surface area (Å²) in [7, 11) is 0. The highest BCUT2D eigenvalue weighted by Crippen LogP contribution is 2.15. The molecule has 0 aliphatic heterocycles. The van der Waals surface area contributed by atoms with Crippen molar-refractivity contribution in [1.82, 2.24) is 14.8 Å². The molecule has 6 heteroatoms. The van der Waals surface area contributed by atoms with Crippen LogP contribution in [0.1, 0.15) is 19.4 Å². The van der Waals surface area contributed by atoms with E-state index in [1.54, 1.807) is 12.4 Å². The second kappa shape index (κ2) is 7.22. The summed E-state index contributed by atoms with van der Waals surface area (Å²) in [5, 5.41) is 7.49. The van der Waals surface area contributed by atoms with Gasteiger partial charge in [-0.05, 0) is 24.0 Å². The van der Waals surface area contributed by atoms with Crippen LogP contribution in [0.3, 0.4) is 0 Å². The lowest BCUT2D eigenvalue weighted by Crippen LogP contribution is -2.26. The Labute approximate surface area is 129 Å². The Hall–Kier alpha value is -1.88. The number of nitrogens with one attached hydrogen (secondary N) is 1. The Bertz CT molecular complexity index is 640. The van der Waals surface area contributed by atoms with Crippen LogP contribution in [-0.2, 0) is 13.0 Å². The molecule has 2 aromatic rings. The summed E-state index contributed by atoms with van der Waals surface area (Å²) in [6.45, 7) is 5.29. The highest BCUT2D eigenvalue weighted by molar-refractivity contribution is 6.32. The molecule has 0 saturated heterocycles. The SMILES string of the molecule is CC(C)Cn1ncc(NCCc2cccnc2)c(Cl)c1=O. The van der Waals surface area contributed by atoms with Gasteiger partial charge in [0.15, 0.2) is 0 Å². The molecule has 2 aromatic heterocycles. The molecule has 0 radical (unpaired) electrons. The summed E-state index contributed by atoms with van der Waals surface area (Å²) < 4.78 is 1.40. The maximum absolute atomic E-state index is 12.1. The molecule has 21 heavy (non-hydrogen) atoms. The molecule has 0 unspecified atom stereocenters. The highest BCUT2D eigenvalue weighted by Gasteiger charge is 2.09. The van der Waals surface area contributed by atoms with E-state index in [2.05, 4.69) is 15.4 Å². The third-order valence-electron chi connectivity index (χ3n) is 2.97. The monoisotopic (exact) mass is 306 g/mol. The zero-order valence-electron chi connectivity index (χ0n) is 12.2. The number of halogens is 1. The first-order valence-corrected chi connectivity index (χ1v) is 7.34. The van der Waals surface area contributed by atoms with Gasteiger partial charge >= 0.3 is 0 Å². The zero-order chi connectivity index (χ0) is 15.2. The van der Waals surface area contributed by atoms with E-state index < -0.39 is 0 Å². The average molecular weight is 307 g/mol. The van der Waals surface area contributed by atoms with Gasteiger partial charge in [0, 0.05) is 25.5 Å². The minimum Gasteiger partial charge on any atom is -0.382 e. The molecule has 0 fully saturated rings. The van der Waals surface area contributed by atoms with Crippen LogP contribution in [0.2, 0.25) is 5.02 Å². The van der Waals surface area contributed by atoms with Gasteiger partial charge in [-0.15, -0.1) is 0 Å². The molecule has 2 rings (SSSR count). The highest BCUT2D eigenvalue weighted by atomic mass is 35.5. The van der Waals surface area contributed by atoms with Gasteiger partial charge in [0.25, 0.3) is 5.56 Å². The van der Waals surface area contributed by atoms with Crippen LogP contribution in [0.5, 0.6) is 0 Å². The van der Waals surface area contributed by atoms with Crippen molar-refractivity contribution in [1.29, 1.82) is 0 Å². The number of rotatable bonds is 6. The summed E-state index contributed by atoms with van der Waals surface area (Å²) in [4.78, 5) is 16.1. The Kier molecular flexibility index (Phi) is 5.33. The van der Waals surface area contributed by atoms with E-state index in [0.717, 1.165) is 12.0 Å². The molecule has 0 amide bonds. The van der Waals surface area contributed by atoms with Crippen molar-refractivity contribution in [2.75, 3.05) is 11.9 Å². The Morgan fingerprint density at radius 3 is 2.86 bits per heavy atom. The van der Waals surface area contributed by atoms with Crippen molar-refractivity contribution in [2.45, 2.75) is 26.8 Å². The summed E-state index contributed by atoms with van der Waals surface area (Å²) in [6.07, 6.45) is 5.98. The first kappa shape index (κ1) is 15.5. The maximum Gasteiger partial charge on any atom is 0.287 e. The largest absolute Gasteiger partial charge is 0.382 e. The molecule has 0 bridgehead atoms. The lowest BCUT2D eigenvalue weighted by atomic mass is 10.2. The van der Waals surface area contributed by atoms with E-state index in [9.17, 15) is 4.79 Å². The van der Waals surface area contributed by atoms with Crippen molar-refractivity contribution in [3.63, 3.8) is 0 Å². The lowest BCUT2D eigenvalue weighted by Gasteiger charge is -2.11. The van der Waals surface area contributed by atoms with Crippen molar-refractivity contribution in [3.8, 4) is 0 Å². The number of aromatic nitrogens is 3. The van der Waals surface area contributed by atoms with Gasteiger partial charge in [-0.1, -0.05) is 31.5 Å². The zero-order valence-corrected chi connectivity index (χ0v) is 13.0. The van der Waals surface area contributed by atoms with E-state index >= 15 is 0 Å². The summed E-state index contributed by atoms with van der Waals surface area (Å²) in [5.74, 6) is 0.343. The van der Waals surface area contributed by atoms with Crippen LogP contribution in [0.15, 0.2) is 35.5 Å². The van der Waals surface area contributed by atoms with E-state index in [1.807, 2.05) is 32.2 Å². The molecule has 1 N–H and O–H groups in total. The van der Waals surface area contributed by atoms with Crippen molar-refractivity contribution in [3.05, 3.63) is 51.7 Å². The molecule has 0 spiro atoms. The summed E-state index contributed by atoms with van der Waals surface area (Å²) >= 11 is 6.12. The van der Waals surface area contributed by atoms with E-state index in [1.165, 1.54) is 4.68 Å². The summed E-state index contributed by atoms with van der Waals surface area (Å²) in [5.41, 5.74) is 1.45. The smallest absolute Gasteiger partial charge is 0.287 e. The van der Waals surface area contributed by atoms with E-state index in [-0.39, 0.29) is 10.6 Å². The molecule has 5 nitrogen and oxygen atoms in total. The number of hydrogen-bond donors (Lipinski definition) is 1.